The summed E-state index contributed by atoms with van der Waals surface area (Å²) in [4.78, 5) is 0. The van der Waals surface area contributed by atoms with E-state index >= 15 is 0 Å². The molecule has 0 radical (unpaired) electrons. The first-order valence-corrected chi connectivity index (χ1v) is 14.4. The van der Waals surface area contributed by atoms with Gasteiger partial charge in [0, 0.05) is 11.5 Å². The Morgan fingerprint density at radius 3 is 2.57 bits per heavy atom. The van der Waals surface area contributed by atoms with Crippen LogP contribution >= 0.6 is 0 Å². The summed E-state index contributed by atoms with van der Waals surface area (Å²) in [5.74, 6) is 2.54. The predicted octanol–water partition coefficient (Wildman–Crippen LogP) is 9.93. The minimum Gasteiger partial charge on any atom is -0.116 e. The molecule has 1 fully saturated rings. The van der Waals surface area contributed by atoms with Gasteiger partial charge in [0.1, 0.15) is 0 Å². The summed E-state index contributed by atoms with van der Waals surface area (Å²) in [5.41, 5.74) is 15.3. The van der Waals surface area contributed by atoms with Crippen molar-refractivity contribution in [2.24, 2.45) is 23.2 Å². The van der Waals surface area contributed by atoms with E-state index in [0.29, 0.717) is 17.3 Å². The first-order valence-electron chi connectivity index (χ1n) is 14.4. The van der Waals surface area contributed by atoms with Gasteiger partial charge in [-0.05, 0) is 112 Å². The van der Waals surface area contributed by atoms with Crippen LogP contribution in [0.25, 0.3) is 11.1 Å². The molecule has 2 aromatic rings. The lowest BCUT2D eigenvalue weighted by Gasteiger charge is -2.18. The molecule has 0 N–H and O–H groups in total. The van der Waals surface area contributed by atoms with E-state index in [4.69, 9.17) is 0 Å². The van der Waals surface area contributed by atoms with E-state index in [1.54, 1.807) is 5.57 Å². The van der Waals surface area contributed by atoms with Crippen LogP contribution in [0.1, 0.15) is 70.4 Å². The van der Waals surface area contributed by atoms with Gasteiger partial charge in [0.2, 0.25) is 0 Å². The Labute approximate surface area is 223 Å². The van der Waals surface area contributed by atoms with Gasteiger partial charge < -0.3 is 0 Å². The van der Waals surface area contributed by atoms with Gasteiger partial charge in [-0.25, -0.2) is 0 Å². The second kappa shape index (κ2) is 9.66. The Morgan fingerprint density at radius 2 is 1.78 bits per heavy atom. The third-order valence-electron chi connectivity index (χ3n) is 9.23. The van der Waals surface area contributed by atoms with Crippen LogP contribution in [0.3, 0.4) is 0 Å². The average molecular weight is 485 g/mol. The summed E-state index contributed by atoms with van der Waals surface area (Å²) in [6.07, 6.45) is 20.0. The molecule has 37 heavy (non-hydrogen) atoms. The molecular formula is C37H40. The highest BCUT2D eigenvalue weighted by Crippen LogP contribution is 2.58. The van der Waals surface area contributed by atoms with E-state index in [1.807, 2.05) is 6.08 Å². The number of hydrogen-bond donors (Lipinski definition) is 0. The summed E-state index contributed by atoms with van der Waals surface area (Å²) >= 11 is 0. The minimum atomic E-state index is 0.405. The highest BCUT2D eigenvalue weighted by molar-refractivity contribution is 5.67. The van der Waals surface area contributed by atoms with E-state index in [0.717, 1.165) is 11.8 Å². The zero-order chi connectivity index (χ0) is 25.6. The van der Waals surface area contributed by atoms with Crippen LogP contribution in [0.15, 0.2) is 113 Å². The van der Waals surface area contributed by atoms with Crippen LogP contribution in [0.4, 0.5) is 0 Å². The molecule has 0 saturated heterocycles. The highest BCUT2D eigenvalue weighted by Gasteiger charge is 2.48. The summed E-state index contributed by atoms with van der Waals surface area (Å²) in [5, 5.41) is 0. The van der Waals surface area contributed by atoms with E-state index in [2.05, 4.69) is 112 Å². The molecule has 0 nitrogen and oxygen atoms in total. The molecule has 0 amide bonds. The highest BCUT2D eigenvalue weighted by atomic mass is 14.5. The van der Waals surface area contributed by atoms with Crippen molar-refractivity contribution in [2.45, 2.75) is 65.7 Å². The van der Waals surface area contributed by atoms with Crippen LogP contribution in [0.2, 0.25) is 0 Å². The first-order chi connectivity index (χ1) is 17.9. The van der Waals surface area contributed by atoms with E-state index in [9.17, 15) is 0 Å². The lowest BCUT2D eigenvalue weighted by Crippen LogP contribution is -2.03. The smallest absolute Gasteiger partial charge is 0.0287 e. The van der Waals surface area contributed by atoms with Gasteiger partial charge in [-0.2, -0.15) is 0 Å². The molecular weight excluding hydrogens is 444 g/mol. The van der Waals surface area contributed by atoms with Gasteiger partial charge in [0.15, 0.2) is 0 Å². The fourth-order valence-corrected chi connectivity index (χ4v) is 6.66. The Bertz CT molecular complexity index is 1380. The maximum Gasteiger partial charge on any atom is 0.0287 e. The lowest BCUT2D eigenvalue weighted by molar-refractivity contribution is 0.459. The molecule has 0 heterocycles. The molecule has 2 bridgehead atoms. The summed E-state index contributed by atoms with van der Waals surface area (Å²) in [6, 6.07) is 18.6. The van der Waals surface area contributed by atoms with Gasteiger partial charge in [-0.3, -0.25) is 0 Å². The third-order valence-corrected chi connectivity index (χ3v) is 9.23. The summed E-state index contributed by atoms with van der Waals surface area (Å²) in [7, 11) is 0. The third kappa shape index (κ3) is 5.05. The van der Waals surface area contributed by atoms with E-state index in [1.165, 1.54) is 71.1 Å². The molecule has 0 aliphatic heterocycles. The predicted molar refractivity (Wildman–Crippen MR) is 157 cm³/mol. The fourth-order valence-electron chi connectivity index (χ4n) is 6.66. The van der Waals surface area contributed by atoms with Crippen molar-refractivity contribution in [1.29, 1.82) is 0 Å². The molecule has 7 rings (SSSR count). The second-order valence-electron chi connectivity index (χ2n) is 12.6. The molecule has 4 unspecified atom stereocenters. The van der Waals surface area contributed by atoms with Crippen molar-refractivity contribution in [2.75, 3.05) is 0 Å². The Balaban J connectivity index is 1.06. The van der Waals surface area contributed by atoms with Gasteiger partial charge in [0.25, 0.3) is 0 Å². The molecule has 1 saturated carbocycles. The van der Waals surface area contributed by atoms with Gasteiger partial charge in [0.05, 0.1) is 0 Å². The Morgan fingerprint density at radius 1 is 0.973 bits per heavy atom. The lowest BCUT2D eigenvalue weighted by atomic mass is 9.86. The van der Waals surface area contributed by atoms with Crippen LogP contribution in [0, 0.1) is 23.2 Å². The normalized spacial score (nSPS) is 25.9. The molecule has 5 aliphatic carbocycles. The van der Waals surface area contributed by atoms with Crippen molar-refractivity contribution in [3.63, 3.8) is 0 Å². The fraction of sp³-hybridized carbons (Fsp3) is 0.378. The minimum absolute atomic E-state index is 0.405. The number of benzene rings is 2. The van der Waals surface area contributed by atoms with E-state index < -0.39 is 0 Å². The first kappa shape index (κ1) is 24.3. The van der Waals surface area contributed by atoms with Crippen LogP contribution in [-0.4, -0.2) is 0 Å². The van der Waals surface area contributed by atoms with E-state index in [-0.39, 0.29) is 0 Å². The Hall–Kier alpha value is -3.08. The molecule has 0 spiro atoms. The largest absolute Gasteiger partial charge is 0.116 e. The van der Waals surface area contributed by atoms with Gasteiger partial charge in [-0.15, -0.1) is 5.73 Å². The maximum absolute atomic E-state index is 3.46. The summed E-state index contributed by atoms with van der Waals surface area (Å²) in [6.45, 7) is 9.50. The van der Waals surface area contributed by atoms with Crippen molar-refractivity contribution in [1.82, 2.24) is 0 Å². The molecule has 0 heteroatoms. The number of rotatable bonds is 9. The molecule has 4 atom stereocenters. The Kier molecular flexibility index (Phi) is 6.34. The standard InChI is InChI=1S/C37H40/c1-25(2)18-26(3)29-9-7-10-30(20-29)28-14-12-27(13-15-28)19-35-24-37(35,4)17-16-31-21-32-8-5-6-11-36(32)34-22-33(31)23-34/h5-10,12-15,20-23,25-26,32,35H,16-19,24H2,1-4H3. The number of hydrogen-bond acceptors (Lipinski definition) is 0. The van der Waals surface area contributed by atoms with Crippen molar-refractivity contribution < 1.29 is 0 Å². The average Bonchev–Trinajstić information content (AvgIpc) is 3.57. The SMILES string of the molecule is CC(C)CC(C)c1cccc(-c2ccc(CC3CC3(C)CCC3=CC4C=CC=C=C4C4=CC3=C4)cc2)c1. The second-order valence-corrected chi connectivity index (χ2v) is 12.6. The number of allylic oxidation sites excluding steroid dienone is 9. The maximum atomic E-state index is 3.46. The quantitative estimate of drug-likeness (QED) is 0.311. The van der Waals surface area contributed by atoms with Crippen LogP contribution in [0.5, 0.6) is 0 Å². The molecule has 0 aromatic heterocycles. The van der Waals surface area contributed by atoms with Crippen molar-refractivity contribution in [3.8, 4) is 11.1 Å². The molecule has 188 valence electrons. The zero-order valence-corrected chi connectivity index (χ0v) is 22.9. The summed E-state index contributed by atoms with van der Waals surface area (Å²) < 4.78 is 0. The topological polar surface area (TPSA) is 0 Å². The van der Waals surface area contributed by atoms with Crippen LogP contribution in [-0.2, 0) is 6.42 Å². The van der Waals surface area contributed by atoms with Crippen molar-refractivity contribution in [3.05, 3.63) is 124 Å². The molecule has 2 aromatic carbocycles. The molecule has 5 aliphatic rings. The monoisotopic (exact) mass is 484 g/mol. The van der Waals surface area contributed by atoms with Gasteiger partial charge >= 0.3 is 0 Å². The van der Waals surface area contributed by atoms with Crippen molar-refractivity contribution >= 4 is 0 Å². The zero-order valence-electron chi connectivity index (χ0n) is 22.9. The van der Waals surface area contributed by atoms with Crippen LogP contribution < -0.4 is 0 Å². The van der Waals surface area contributed by atoms with Gasteiger partial charge in [-0.1, -0.05) is 94.5 Å².